The molecule has 1 heterocycles. The monoisotopic (exact) mass is 381 g/mol. The Morgan fingerprint density at radius 3 is 2.45 bits per heavy atom. The van der Waals surface area contributed by atoms with Crippen LogP contribution in [0.1, 0.15) is 26.3 Å². The molecular formula is C24H19N3O2. The van der Waals surface area contributed by atoms with Gasteiger partial charge in [-0.15, -0.1) is 0 Å². The maximum Gasteiger partial charge on any atom is 0.257 e. The summed E-state index contributed by atoms with van der Waals surface area (Å²) in [6.07, 6.45) is 3.13. The molecule has 5 heteroatoms. The molecule has 0 radical (unpaired) electrons. The number of anilines is 1. The van der Waals surface area contributed by atoms with Gasteiger partial charge in [-0.2, -0.15) is 0 Å². The Labute approximate surface area is 168 Å². The van der Waals surface area contributed by atoms with Crippen LogP contribution < -0.4 is 10.6 Å². The van der Waals surface area contributed by atoms with E-state index >= 15 is 0 Å². The third kappa shape index (κ3) is 4.14. The number of fused-ring (bicyclic) bond motifs is 1. The molecule has 0 aliphatic rings. The van der Waals surface area contributed by atoms with Gasteiger partial charge in [0.25, 0.3) is 11.8 Å². The molecule has 4 aromatic rings. The second kappa shape index (κ2) is 8.35. The number of rotatable bonds is 5. The number of amides is 2. The van der Waals surface area contributed by atoms with E-state index in [1.807, 2.05) is 66.7 Å². The van der Waals surface area contributed by atoms with Crippen molar-refractivity contribution in [1.29, 1.82) is 0 Å². The van der Waals surface area contributed by atoms with Gasteiger partial charge in [0.1, 0.15) is 0 Å². The lowest BCUT2D eigenvalue weighted by atomic mass is 10.0. The molecule has 2 amide bonds. The van der Waals surface area contributed by atoms with Crippen molar-refractivity contribution in [1.82, 2.24) is 10.3 Å². The molecule has 0 saturated heterocycles. The summed E-state index contributed by atoms with van der Waals surface area (Å²) in [6, 6.07) is 24.3. The minimum Gasteiger partial charge on any atom is -0.348 e. The van der Waals surface area contributed by atoms with E-state index in [1.54, 1.807) is 18.3 Å². The fourth-order valence-electron chi connectivity index (χ4n) is 3.18. The Kier molecular flexibility index (Phi) is 5.29. The standard InChI is InChI=1S/C24H19N3O2/c28-23(19-10-6-14-25-15-19)27-22-13-4-2-8-18(22)16-26-24(29)21-12-5-9-17-7-1-3-11-20(17)21/h1-15H,16H2,(H,26,29)(H,27,28). The summed E-state index contributed by atoms with van der Waals surface area (Å²) >= 11 is 0. The molecule has 0 fully saturated rings. The molecule has 0 unspecified atom stereocenters. The molecule has 0 spiro atoms. The van der Waals surface area contributed by atoms with Gasteiger partial charge < -0.3 is 10.6 Å². The van der Waals surface area contributed by atoms with Crippen LogP contribution in [0.3, 0.4) is 0 Å². The zero-order valence-corrected chi connectivity index (χ0v) is 15.6. The smallest absolute Gasteiger partial charge is 0.257 e. The summed E-state index contributed by atoms with van der Waals surface area (Å²) in [4.78, 5) is 29.2. The highest BCUT2D eigenvalue weighted by Gasteiger charge is 2.12. The van der Waals surface area contributed by atoms with Crippen LogP contribution in [0.25, 0.3) is 10.8 Å². The second-order valence-corrected chi connectivity index (χ2v) is 6.56. The number of carbonyl (C=O) groups excluding carboxylic acids is 2. The molecule has 4 rings (SSSR count). The number of benzene rings is 3. The molecule has 29 heavy (non-hydrogen) atoms. The van der Waals surface area contributed by atoms with Crippen molar-refractivity contribution < 1.29 is 9.59 Å². The normalized spacial score (nSPS) is 10.5. The van der Waals surface area contributed by atoms with Crippen LogP contribution in [-0.4, -0.2) is 16.8 Å². The average molecular weight is 381 g/mol. The number of hydrogen-bond acceptors (Lipinski definition) is 3. The van der Waals surface area contributed by atoms with Crippen molar-refractivity contribution in [3.05, 3.63) is 108 Å². The van der Waals surface area contributed by atoms with Gasteiger partial charge in [0.05, 0.1) is 5.56 Å². The zero-order chi connectivity index (χ0) is 20.1. The number of para-hydroxylation sites is 1. The molecule has 142 valence electrons. The summed E-state index contributed by atoms with van der Waals surface area (Å²) in [5.74, 6) is -0.402. The third-order valence-electron chi connectivity index (χ3n) is 4.66. The van der Waals surface area contributed by atoms with Gasteiger partial charge in [-0.3, -0.25) is 14.6 Å². The van der Waals surface area contributed by atoms with E-state index in [0.717, 1.165) is 16.3 Å². The fraction of sp³-hybridized carbons (Fsp3) is 0.0417. The van der Waals surface area contributed by atoms with E-state index in [9.17, 15) is 9.59 Å². The second-order valence-electron chi connectivity index (χ2n) is 6.56. The van der Waals surface area contributed by atoms with E-state index in [4.69, 9.17) is 0 Å². The zero-order valence-electron chi connectivity index (χ0n) is 15.6. The lowest BCUT2D eigenvalue weighted by molar-refractivity contribution is 0.0952. The van der Waals surface area contributed by atoms with Crippen molar-refractivity contribution >= 4 is 28.3 Å². The molecule has 3 aromatic carbocycles. The van der Waals surface area contributed by atoms with Crippen molar-refractivity contribution in [3.8, 4) is 0 Å². The first kappa shape index (κ1) is 18.4. The molecule has 2 N–H and O–H groups in total. The van der Waals surface area contributed by atoms with E-state index in [1.165, 1.54) is 6.20 Å². The van der Waals surface area contributed by atoms with Gasteiger partial charge >= 0.3 is 0 Å². The first-order valence-corrected chi connectivity index (χ1v) is 9.27. The average Bonchev–Trinajstić information content (AvgIpc) is 2.78. The number of hydrogen-bond donors (Lipinski definition) is 2. The van der Waals surface area contributed by atoms with Gasteiger partial charge in [-0.05, 0) is 40.6 Å². The van der Waals surface area contributed by atoms with Crippen LogP contribution in [0.2, 0.25) is 0 Å². The fourth-order valence-corrected chi connectivity index (χ4v) is 3.18. The number of pyridine rings is 1. The maximum atomic E-state index is 12.8. The highest BCUT2D eigenvalue weighted by molar-refractivity contribution is 6.07. The third-order valence-corrected chi connectivity index (χ3v) is 4.66. The number of nitrogens with zero attached hydrogens (tertiary/aromatic N) is 1. The quantitative estimate of drug-likeness (QED) is 0.538. The maximum absolute atomic E-state index is 12.8. The largest absolute Gasteiger partial charge is 0.348 e. The van der Waals surface area contributed by atoms with Crippen LogP contribution in [0.4, 0.5) is 5.69 Å². The lowest BCUT2D eigenvalue weighted by Crippen LogP contribution is -2.24. The Hall–Kier alpha value is -3.99. The summed E-state index contributed by atoms with van der Waals surface area (Å²) in [6.45, 7) is 0.297. The molecular weight excluding hydrogens is 362 g/mol. The SMILES string of the molecule is O=C(Nc1ccccc1CNC(=O)c1cccc2ccccc12)c1cccnc1. The summed E-state index contributed by atoms with van der Waals surface area (Å²) in [5.41, 5.74) is 2.57. The van der Waals surface area contributed by atoms with Crippen LogP contribution in [0.15, 0.2) is 91.3 Å². The predicted molar refractivity (Wildman–Crippen MR) is 114 cm³/mol. The van der Waals surface area contributed by atoms with Crippen molar-refractivity contribution in [2.75, 3.05) is 5.32 Å². The molecule has 1 aromatic heterocycles. The predicted octanol–water partition coefficient (Wildman–Crippen LogP) is 4.42. The molecule has 0 atom stereocenters. The number of carbonyl (C=O) groups is 2. The minimum absolute atomic E-state index is 0.157. The minimum atomic E-state index is -0.245. The molecule has 0 bridgehead atoms. The lowest BCUT2D eigenvalue weighted by Gasteiger charge is -2.13. The van der Waals surface area contributed by atoms with Gasteiger partial charge in [-0.25, -0.2) is 0 Å². The van der Waals surface area contributed by atoms with Crippen LogP contribution >= 0.6 is 0 Å². The molecule has 5 nitrogen and oxygen atoms in total. The van der Waals surface area contributed by atoms with E-state index in [2.05, 4.69) is 15.6 Å². The number of nitrogens with one attached hydrogen (secondary N) is 2. The first-order chi connectivity index (χ1) is 14.2. The Bertz CT molecular complexity index is 1170. The van der Waals surface area contributed by atoms with E-state index < -0.39 is 0 Å². The Morgan fingerprint density at radius 1 is 0.793 bits per heavy atom. The topological polar surface area (TPSA) is 71.1 Å². The van der Waals surface area contributed by atoms with Crippen molar-refractivity contribution in [2.24, 2.45) is 0 Å². The van der Waals surface area contributed by atoms with E-state index in [-0.39, 0.29) is 11.8 Å². The number of aromatic nitrogens is 1. The highest BCUT2D eigenvalue weighted by atomic mass is 16.2. The van der Waals surface area contributed by atoms with Crippen molar-refractivity contribution in [2.45, 2.75) is 6.54 Å². The molecule has 0 saturated carbocycles. The summed E-state index contributed by atoms with van der Waals surface area (Å²) in [5, 5.41) is 7.77. The van der Waals surface area contributed by atoms with Gasteiger partial charge in [0.2, 0.25) is 0 Å². The van der Waals surface area contributed by atoms with Gasteiger partial charge in [-0.1, -0.05) is 54.6 Å². The van der Waals surface area contributed by atoms with E-state index in [0.29, 0.717) is 23.4 Å². The van der Waals surface area contributed by atoms with Crippen LogP contribution in [0, 0.1) is 0 Å². The summed E-state index contributed by atoms with van der Waals surface area (Å²) < 4.78 is 0. The molecule has 0 aliphatic carbocycles. The Morgan fingerprint density at radius 2 is 1.59 bits per heavy atom. The van der Waals surface area contributed by atoms with Gasteiger partial charge in [0.15, 0.2) is 0 Å². The van der Waals surface area contributed by atoms with Gasteiger partial charge in [0, 0.05) is 30.2 Å². The van der Waals surface area contributed by atoms with Crippen LogP contribution in [0.5, 0.6) is 0 Å². The summed E-state index contributed by atoms with van der Waals surface area (Å²) in [7, 11) is 0. The first-order valence-electron chi connectivity index (χ1n) is 9.27. The highest BCUT2D eigenvalue weighted by Crippen LogP contribution is 2.20. The Balaban J connectivity index is 1.50. The molecule has 0 aliphatic heterocycles. The van der Waals surface area contributed by atoms with Crippen molar-refractivity contribution in [3.63, 3.8) is 0 Å². The van der Waals surface area contributed by atoms with Crippen LogP contribution in [-0.2, 0) is 6.54 Å².